The summed E-state index contributed by atoms with van der Waals surface area (Å²) < 4.78 is 31.2. The topological polar surface area (TPSA) is 75.6 Å². The Bertz CT molecular complexity index is 838. The summed E-state index contributed by atoms with van der Waals surface area (Å²) in [6.45, 7) is 2.55. The maximum atomic E-state index is 12.4. The predicted octanol–water partition coefficient (Wildman–Crippen LogP) is 1.77. The van der Waals surface area contributed by atoms with Crippen molar-refractivity contribution >= 4 is 38.3 Å². The molecule has 1 saturated heterocycles. The van der Waals surface area contributed by atoms with Crippen LogP contribution in [0.2, 0.25) is 5.02 Å². The SMILES string of the molecule is COCCCS(=O)(=O)N1CCN(c2ncnc3cc(Cl)ccc23)CC1. The minimum absolute atomic E-state index is 0.121. The highest BCUT2D eigenvalue weighted by Crippen LogP contribution is 2.26. The molecule has 1 aliphatic heterocycles. The quantitative estimate of drug-likeness (QED) is 0.706. The zero-order chi connectivity index (χ0) is 17.9. The number of ether oxygens (including phenoxy) is 1. The number of piperazine rings is 1. The number of hydrogen-bond donors (Lipinski definition) is 0. The second kappa shape index (κ2) is 7.82. The molecule has 0 saturated carbocycles. The van der Waals surface area contributed by atoms with Crippen LogP contribution < -0.4 is 4.90 Å². The van der Waals surface area contributed by atoms with Gasteiger partial charge in [-0.1, -0.05) is 11.6 Å². The molecule has 1 aliphatic rings. The molecule has 0 unspecified atom stereocenters. The number of nitrogens with zero attached hydrogens (tertiary/aromatic N) is 4. The van der Waals surface area contributed by atoms with Gasteiger partial charge < -0.3 is 9.64 Å². The van der Waals surface area contributed by atoms with Crippen LogP contribution in [0.25, 0.3) is 10.9 Å². The van der Waals surface area contributed by atoms with Gasteiger partial charge in [-0.15, -0.1) is 0 Å². The van der Waals surface area contributed by atoms with Gasteiger partial charge in [-0.2, -0.15) is 4.31 Å². The monoisotopic (exact) mass is 384 g/mol. The van der Waals surface area contributed by atoms with E-state index < -0.39 is 10.0 Å². The van der Waals surface area contributed by atoms with Crippen molar-refractivity contribution in [2.45, 2.75) is 6.42 Å². The highest BCUT2D eigenvalue weighted by Gasteiger charge is 2.27. The number of anilines is 1. The lowest BCUT2D eigenvalue weighted by molar-refractivity contribution is 0.199. The first kappa shape index (κ1) is 18.3. The van der Waals surface area contributed by atoms with E-state index in [0.29, 0.717) is 44.2 Å². The van der Waals surface area contributed by atoms with Crippen LogP contribution in [0.5, 0.6) is 0 Å². The van der Waals surface area contributed by atoms with E-state index >= 15 is 0 Å². The molecule has 9 heteroatoms. The summed E-state index contributed by atoms with van der Waals surface area (Å²) in [7, 11) is -1.66. The van der Waals surface area contributed by atoms with Gasteiger partial charge in [0.05, 0.1) is 11.3 Å². The molecule has 0 spiro atoms. The van der Waals surface area contributed by atoms with Crippen molar-refractivity contribution in [3.05, 3.63) is 29.5 Å². The third-order valence-electron chi connectivity index (χ3n) is 4.26. The van der Waals surface area contributed by atoms with Gasteiger partial charge >= 0.3 is 0 Å². The van der Waals surface area contributed by atoms with E-state index in [0.717, 1.165) is 16.7 Å². The third kappa shape index (κ3) is 4.20. The molecule has 136 valence electrons. The summed E-state index contributed by atoms with van der Waals surface area (Å²) >= 11 is 6.02. The molecule has 0 aliphatic carbocycles. The minimum Gasteiger partial charge on any atom is -0.385 e. The zero-order valence-electron chi connectivity index (χ0n) is 14.1. The summed E-state index contributed by atoms with van der Waals surface area (Å²) in [5, 5.41) is 1.55. The van der Waals surface area contributed by atoms with Crippen LogP contribution in [0.1, 0.15) is 6.42 Å². The first-order valence-corrected chi connectivity index (χ1v) is 10.1. The summed E-state index contributed by atoms with van der Waals surface area (Å²) in [6.07, 6.45) is 2.03. The smallest absolute Gasteiger partial charge is 0.214 e. The highest BCUT2D eigenvalue weighted by molar-refractivity contribution is 7.89. The molecule has 25 heavy (non-hydrogen) atoms. The minimum atomic E-state index is -3.23. The molecular formula is C16H21ClN4O3S. The lowest BCUT2D eigenvalue weighted by atomic mass is 10.2. The van der Waals surface area contributed by atoms with Crippen molar-refractivity contribution < 1.29 is 13.2 Å². The predicted molar refractivity (Wildman–Crippen MR) is 98.6 cm³/mol. The molecule has 0 N–H and O–H groups in total. The molecule has 0 radical (unpaired) electrons. The fourth-order valence-electron chi connectivity index (χ4n) is 2.96. The van der Waals surface area contributed by atoms with E-state index in [2.05, 4.69) is 14.9 Å². The maximum Gasteiger partial charge on any atom is 0.214 e. The van der Waals surface area contributed by atoms with Gasteiger partial charge in [0.15, 0.2) is 0 Å². The van der Waals surface area contributed by atoms with Crippen molar-refractivity contribution in [3.63, 3.8) is 0 Å². The molecule has 1 aromatic heterocycles. The van der Waals surface area contributed by atoms with Crippen LogP contribution in [0, 0.1) is 0 Å². The second-order valence-corrected chi connectivity index (χ2v) is 8.43. The van der Waals surface area contributed by atoms with E-state index in [1.165, 1.54) is 6.33 Å². The van der Waals surface area contributed by atoms with Gasteiger partial charge in [0.25, 0.3) is 0 Å². The van der Waals surface area contributed by atoms with Crippen molar-refractivity contribution in [3.8, 4) is 0 Å². The van der Waals surface area contributed by atoms with Crippen LogP contribution in [-0.2, 0) is 14.8 Å². The summed E-state index contributed by atoms with van der Waals surface area (Å²) in [4.78, 5) is 10.7. The summed E-state index contributed by atoms with van der Waals surface area (Å²) in [5.41, 5.74) is 0.784. The maximum absolute atomic E-state index is 12.4. The van der Waals surface area contributed by atoms with Gasteiger partial charge in [0.2, 0.25) is 10.0 Å². The summed E-state index contributed by atoms with van der Waals surface area (Å²) in [5.74, 6) is 0.938. The van der Waals surface area contributed by atoms with Gasteiger partial charge in [0, 0.05) is 50.3 Å². The molecule has 0 amide bonds. The second-order valence-electron chi connectivity index (χ2n) is 5.91. The molecule has 1 fully saturated rings. The average molecular weight is 385 g/mol. The normalized spacial score (nSPS) is 16.5. The largest absolute Gasteiger partial charge is 0.385 e. The van der Waals surface area contributed by atoms with E-state index in [1.807, 2.05) is 12.1 Å². The van der Waals surface area contributed by atoms with Crippen LogP contribution in [-0.4, -0.2) is 68.3 Å². The highest BCUT2D eigenvalue weighted by atomic mass is 35.5. The molecule has 3 rings (SSSR count). The van der Waals surface area contributed by atoms with Gasteiger partial charge in [-0.05, 0) is 24.6 Å². The lowest BCUT2D eigenvalue weighted by Gasteiger charge is -2.35. The molecule has 2 heterocycles. The fraction of sp³-hybridized carbons (Fsp3) is 0.500. The first-order chi connectivity index (χ1) is 12.0. The Morgan fingerprint density at radius 2 is 1.96 bits per heavy atom. The number of fused-ring (bicyclic) bond motifs is 1. The van der Waals surface area contributed by atoms with Gasteiger partial charge in [0.1, 0.15) is 12.1 Å². The number of sulfonamides is 1. The van der Waals surface area contributed by atoms with Crippen LogP contribution in [0.15, 0.2) is 24.5 Å². The van der Waals surface area contributed by atoms with Crippen molar-refractivity contribution in [2.75, 3.05) is 50.5 Å². The third-order valence-corrected chi connectivity index (χ3v) is 6.45. The molecule has 7 nitrogen and oxygen atoms in total. The lowest BCUT2D eigenvalue weighted by Crippen LogP contribution is -2.49. The number of benzene rings is 1. The Morgan fingerprint density at radius 3 is 2.68 bits per heavy atom. The number of methoxy groups -OCH3 is 1. The van der Waals surface area contributed by atoms with E-state index in [1.54, 1.807) is 17.5 Å². The molecular weight excluding hydrogens is 364 g/mol. The van der Waals surface area contributed by atoms with Crippen molar-refractivity contribution in [2.24, 2.45) is 0 Å². The van der Waals surface area contributed by atoms with Gasteiger partial charge in [-0.25, -0.2) is 18.4 Å². The Kier molecular flexibility index (Phi) is 5.73. The standard InChI is InChI=1S/C16H21ClN4O3S/c1-24-9-2-10-25(22,23)21-7-5-20(6-8-21)16-14-4-3-13(17)11-15(14)18-12-19-16/h3-4,11-12H,2,5-10H2,1H3. The van der Waals surface area contributed by atoms with Crippen molar-refractivity contribution in [1.82, 2.24) is 14.3 Å². The fourth-order valence-corrected chi connectivity index (χ4v) is 4.59. The van der Waals surface area contributed by atoms with Crippen molar-refractivity contribution in [1.29, 1.82) is 0 Å². The number of halogens is 1. The van der Waals surface area contributed by atoms with E-state index in [9.17, 15) is 8.42 Å². The zero-order valence-corrected chi connectivity index (χ0v) is 15.6. The average Bonchev–Trinajstić information content (AvgIpc) is 2.61. The Balaban J connectivity index is 1.71. The number of rotatable bonds is 6. The van der Waals surface area contributed by atoms with E-state index in [4.69, 9.17) is 16.3 Å². The molecule has 0 bridgehead atoms. The number of aromatic nitrogens is 2. The van der Waals surface area contributed by atoms with Gasteiger partial charge in [-0.3, -0.25) is 0 Å². The number of hydrogen-bond acceptors (Lipinski definition) is 6. The Labute approximate surface area is 152 Å². The summed E-state index contributed by atoms with van der Waals surface area (Å²) in [6, 6.07) is 5.52. The Hall–Kier alpha value is -1.48. The van der Waals surface area contributed by atoms with E-state index in [-0.39, 0.29) is 5.75 Å². The van der Waals surface area contributed by atoms with Crippen LogP contribution in [0.3, 0.4) is 0 Å². The Morgan fingerprint density at radius 1 is 1.20 bits per heavy atom. The van der Waals surface area contributed by atoms with Crippen LogP contribution >= 0.6 is 11.6 Å². The molecule has 0 atom stereocenters. The molecule has 2 aromatic rings. The molecule has 1 aromatic carbocycles. The first-order valence-electron chi connectivity index (χ1n) is 8.13. The van der Waals surface area contributed by atoms with Crippen LogP contribution in [0.4, 0.5) is 5.82 Å².